The standard InChI is InChI=1S/C17H19F5N4/c1-9(4-12-5-13(18)7-14(19)6-12)24-15(23)8-26-11(3)10(2)16(25-26)17(20,21)22/h5-7,9H,4,8H2,1-3H3,(H2,23,24). The van der Waals surface area contributed by atoms with Gasteiger partial charge in [-0.3, -0.25) is 9.67 Å². The van der Waals surface area contributed by atoms with Gasteiger partial charge in [0.15, 0.2) is 5.69 Å². The van der Waals surface area contributed by atoms with Crippen LogP contribution in [0, 0.1) is 25.5 Å². The number of benzene rings is 1. The quantitative estimate of drug-likeness (QED) is 0.492. The highest BCUT2D eigenvalue weighted by molar-refractivity contribution is 5.80. The molecular weight excluding hydrogens is 355 g/mol. The number of hydrogen-bond acceptors (Lipinski definition) is 2. The second-order valence-electron chi connectivity index (χ2n) is 6.17. The smallest absolute Gasteiger partial charge is 0.386 e. The molecule has 2 rings (SSSR count). The fourth-order valence-electron chi connectivity index (χ4n) is 2.65. The molecule has 0 saturated carbocycles. The van der Waals surface area contributed by atoms with Gasteiger partial charge in [0.25, 0.3) is 0 Å². The summed E-state index contributed by atoms with van der Waals surface area (Å²) in [5, 5.41) is 3.57. The molecule has 0 spiro atoms. The van der Waals surface area contributed by atoms with Crippen LogP contribution in [0.4, 0.5) is 22.0 Å². The van der Waals surface area contributed by atoms with Gasteiger partial charge in [0.2, 0.25) is 0 Å². The number of nitrogens with zero attached hydrogens (tertiary/aromatic N) is 3. The van der Waals surface area contributed by atoms with Gasteiger partial charge in [-0.05, 0) is 44.9 Å². The third kappa shape index (κ3) is 4.80. The molecule has 1 aromatic heterocycles. The van der Waals surface area contributed by atoms with Crippen molar-refractivity contribution in [1.82, 2.24) is 9.78 Å². The average molecular weight is 374 g/mol. The van der Waals surface area contributed by atoms with Gasteiger partial charge in [-0.15, -0.1) is 0 Å². The summed E-state index contributed by atoms with van der Waals surface area (Å²) in [6, 6.07) is 2.76. The summed E-state index contributed by atoms with van der Waals surface area (Å²) < 4.78 is 66.3. The number of aromatic nitrogens is 2. The Bertz CT molecular complexity index is 803. The molecule has 0 amide bonds. The zero-order valence-corrected chi connectivity index (χ0v) is 14.5. The lowest BCUT2D eigenvalue weighted by Crippen LogP contribution is -2.24. The van der Waals surface area contributed by atoms with Crippen molar-refractivity contribution in [2.75, 3.05) is 0 Å². The van der Waals surface area contributed by atoms with Crippen molar-refractivity contribution in [2.45, 2.75) is 46.0 Å². The Morgan fingerprint density at radius 2 is 1.77 bits per heavy atom. The molecule has 0 fully saturated rings. The molecule has 9 heteroatoms. The van der Waals surface area contributed by atoms with E-state index in [1.807, 2.05) is 0 Å². The van der Waals surface area contributed by atoms with Crippen molar-refractivity contribution in [1.29, 1.82) is 0 Å². The predicted molar refractivity (Wildman–Crippen MR) is 87.8 cm³/mol. The molecule has 1 unspecified atom stereocenters. The van der Waals surface area contributed by atoms with E-state index in [4.69, 9.17) is 5.73 Å². The fourth-order valence-corrected chi connectivity index (χ4v) is 2.65. The molecule has 26 heavy (non-hydrogen) atoms. The third-order valence-electron chi connectivity index (χ3n) is 3.93. The van der Waals surface area contributed by atoms with Crippen molar-refractivity contribution in [3.8, 4) is 0 Å². The summed E-state index contributed by atoms with van der Waals surface area (Å²) in [5.74, 6) is -1.30. The van der Waals surface area contributed by atoms with Crippen molar-refractivity contribution in [3.05, 3.63) is 52.3 Å². The molecule has 0 saturated heterocycles. The molecule has 0 aliphatic carbocycles. The van der Waals surface area contributed by atoms with Gasteiger partial charge in [-0.1, -0.05) is 0 Å². The van der Waals surface area contributed by atoms with Crippen LogP contribution in [-0.2, 0) is 19.1 Å². The third-order valence-corrected chi connectivity index (χ3v) is 3.93. The molecule has 1 aromatic carbocycles. The molecule has 1 heterocycles. The second-order valence-corrected chi connectivity index (χ2v) is 6.17. The van der Waals surface area contributed by atoms with Crippen LogP contribution >= 0.6 is 0 Å². The van der Waals surface area contributed by atoms with E-state index < -0.39 is 29.5 Å². The number of nitrogens with two attached hydrogens (primary N) is 1. The Morgan fingerprint density at radius 1 is 1.19 bits per heavy atom. The van der Waals surface area contributed by atoms with Crippen molar-refractivity contribution in [2.24, 2.45) is 10.7 Å². The monoisotopic (exact) mass is 374 g/mol. The molecule has 4 nitrogen and oxygen atoms in total. The minimum absolute atomic E-state index is 0.0357. The summed E-state index contributed by atoms with van der Waals surface area (Å²) in [7, 11) is 0. The van der Waals surface area contributed by atoms with Gasteiger partial charge < -0.3 is 5.73 Å². The van der Waals surface area contributed by atoms with Gasteiger partial charge in [0, 0.05) is 17.3 Å². The largest absolute Gasteiger partial charge is 0.435 e. The van der Waals surface area contributed by atoms with Crippen LogP contribution in [0.15, 0.2) is 23.2 Å². The van der Waals surface area contributed by atoms with Crippen molar-refractivity contribution >= 4 is 5.84 Å². The van der Waals surface area contributed by atoms with Crippen molar-refractivity contribution < 1.29 is 22.0 Å². The summed E-state index contributed by atoms with van der Waals surface area (Å²) in [5.41, 5.74) is 5.66. The Morgan fingerprint density at radius 3 is 2.27 bits per heavy atom. The maximum Gasteiger partial charge on any atom is 0.435 e. The Hall–Kier alpha value is -2.45. The first-order valence-electron chi connectivity index (χ1n) is 7.85. The number of rotatable bonds is 5. The number of halogens is 5. The van der Waals surface area contributed by atoms with E-state index in [2.05, 4.69) is 10.1 Å². The first kappa shape index (κ1) is 19.9. The summed E-state index contributed by atoms with van der Waals surface area (Å²) in [6.45, 7) is 4.45. The van der Waals surface area contributed by atoms with Crippen LogP contribution in [0.1, 0.15) is 29.4 Å². The predicted octanol–water partition coefficient (Wildman–Crippen LogP) is 3.79. The fraction of sp³-hybridized carbons (Fsp3) is 0.412. The van der Waals surface area contributed by atoms with Gasteiger partial charge >= 0.3 is 6.18 Å². The van der Waals surface area contributed by atoms with Crippen LogP contribution in [0.2, 0.25) is 0 Å². The molecule has 142 valence electrons. The highest BCUT2D eigenvalue weighted by Gasteiger charge is 2.37. The highest BCUT2D eigenvalue weighted by Crippen LogP contribution is 2.31. The molecule has 2 aromatic rings. The maximum absolute atomic E-state index is 13.2. The van der Waals surface area contributed by atoms with Gasteiger partial charge in [0.1, 0.15) is 17.5 Å². The van der Waals surface area contributed by atoms with Crippen molar-refractivity contribution in [3.63, 3.8) is 0 Å². The van der Waals surface area contributed by atoms with Crippen LogP contribution in [0.5, 0.6) is 0 Å². The molecule has 0 bridgehead atoms. The normalized spacial score (nSPS) is 13.9. The first-order chi connectivity index (χ1) is 12.0. The number of hydrogen-bond donors (Lipinski definition) is 1. The van der Waals surface area contributed by atoms with Crippen LogP contribution in [0.25, 0.3) is 0 Å². The van der Waals surface area contributed by atoms with E-state index in [0.717, 1.165) is 10.7 Å². The van der Waals surface area contributed by atoms with E-state index in [1.54, 1.807) is 6.92 Å². The summed E-state index contributed by atoms with van der Waals surface area (Å²) in [4.78, 5) is 4.18. The van der Waals surface area contributed by atoms with E-state index >= 15 is 0 Å². The van der Waals surface area contributed by atoms with Crippen LogP contribution in [0.3, 0.4) is 0 Å². The van der Waals surface area contributed by atoms with Gasteiger partial charge in [-0.2, -0.15) is 18.3 Å². The number of amidine groups is 1. The molecular formula is C17H19F5N4. The lowest BCUT2D eigenvalue weighted by molar-refractivity contribution is -0.141. The SMILES string of the molecule is Cc1c(C(F)(F)F)nn(CC(N)=NC(C)Cc2cc(F)cc(F)c2)c1C. The minimum Gasteiger partial charge on any atom is -0.386 e. The first-order valence-corrected chi connectivity index (χ1v) is 7.85. The Labute approximate surface area is 147 Å². The van der Waals surface area contributed by atoms with E-state index in [0.29, 0.717) is 11.3 Å². The van der Waals surface area contributed by atoms with E-state index in [-0.39, 0.29) is 24.4 Å². The molecule has 1 atom stereocenters. The van der Waals surface area contributed by atoms with Gasteiger partial charge in [-0.25, -0.2) is 8.78 Å². The Kier molecular flexibility index (Phi) is 5.68. The average Bonchev–Trinajstić information content (AvgIpc) is 2.74. The molecule has 0 aliphatic rings. The molecule has 2 N–H and O–H groups in total. The number of aliphatic imine (C=N–C) groups is 1. The Balaban J connectivity index is 2.12. The highest BCUT2D eigenvalue weighted by atomic mass is 19.4. The lowest BCUT2D eigenvalue weighted by Gasteiger charge is -2.10. The van der Waals surface area contributed by atoms with Crippen LogP contribution < -0.4 is 5.73 Å². The summed E-state index contributed by atoms with van der Waals surface area (Å²) >= 11 is 0. The number of alkyl halides is 3. The van der Waals surface area contributed by atoms with Gasteiger partial charge in [0.05, 0.1) is 12.6 Å². The van der Waals surface area contributed by atoms with E-state index in [1.165, 1.54) is 26.0 Å². The topological polar surface area (TPSA) is 56.2 Å². The van der Waals surface area contributed by atoms with E-state index in [9.17, 15) is 22.0 Å². The molecule has 0 aliphatic heterocycles. The van der Waals surface area contributed by atoms with Crippen LogP contribution in [-0.4, -0.2) is 21.7 Å². The molecule has 0 radical (unpaired) electrons. The lowest BCUT2D eigenvalue weighted by atomic mass is 10.1. The zero-order valence-electron chi connectivity index (χ0n) is 14.5. The minimum atomic E-state index is -4.54. The second kappa shape index (κ2) is 7.43. The summed E-state index contributed by atoms with van der Waals surface area (Å²) in [6.07, 6.45) is -4.30. The maximum atomic E-state index is 13.2. The zero-order chi connectivity index (χ0) is 19.6.